The molecule has 1 aliphatic heterocycles. The number of carbonyl (C=O) groups is 1. The Labute approximate surface area is 135 Å². The van der Waals surface area contributed by atoms with Crippen LogP contribution >= 0.6 is 12.2 Å². The van der Waals surface area contributed by atoms with Gasteiger partial charge >= 0.3 is 0 Å². The minimum atomic E-state index is 0.0376. The SMILES string of the molecule is COCCNC(=S)Nc1ccc(C(=O)N2CCOCC2)cc1. The Morgan fingerprint density at radius 1 is 1.32 bits per heavy atom. The third kappa shape index (κ3) is 4.94. The third-order valence-corrected chi connectivity index (χ3v) is 3.53. The summed E-state index contributed by atoms with van der Waals surface area (Å²) in [5, 5.41) is 6.63. The number of ether oxygens (including phenoxy) is 2. The number of amides is 1. The summed E-state index contributed by atoms with van der Waals surface area (Å²) in [6, 6.07) is 7.30. The van der Waals surface area contributed by atoms with E-state index in [0.717, 1.165) is 5.69 Å². The Morgan fingerprint density at radius 2 is 2.00 bits per heavy atom. The van der Waals surface area contributed by atoms with Crippen LogP contribution in [0.3, 0.4) is 0 Å². The van der Waals surface area contributed by atoms with Gasteiger partial charge in [0.15, 0.2) is 5.11 Å². The highest BCUT2D eigenvalue weighted by Gasteiger charge is 2.18. The van der Waals surface area contributed by atoms with E-state index in [1.54, 1.807) is 19.2 Å². The molecule has 0 radical (unpaired) electrons. The molecule has 1 amide bonds. The van der Waals surface area contributed by atoms with Crippen molar-refractivity contribution in [2.45, 2.75) is 0 Å². The molecule has 2 rings (SSSR count). The van der Waals surface area contributed by atoms with Gasteiger partial charge in [-0.25, -0.2) is 0 Å². The van der Waals surface area contributed by atoms with Crippen LogP contribution in [0.5, 0.6) is 0 Å². The van der Waals surface area contributed by atoms with Gasteiger partial charge < -0.3 is 25.0 Å². The summed E-state index contributed by atoms with van der Waals surface area (Å²) in [6.45, 7) is 3.74. The molecule has 1 heterocycles. The first kappa shape index (κ1) is 16.7. The van der Waals surface area contributed by atoms with Gasteiger partial charge in [0.25, 0.3) is 5.91 Å². The van der Waals surface area contributed by atoms with Crippen LogP contribution in [-0.2, 0) is 9.47 Å². The van der Waals surface area contributed by atoms with Crippen molar-refractivity contribution in [2.24, 2.45) is 0 Å². The van der Waals surface area contributed by atoms with Gasteiger partial charge in [-0.15, -0.1) is 0 Å². The van der Waals surface area contributed by atoms with Crippen molar-refractivity contribution in [3.8, 4) is 0 Å². The molecule has 1 fully saturated rings. The maximum absolute atomic E-state index is 12.3. The Bertz CT molecular complexity index is 501. The molecule has 6 nitrogen and oxygen atoms in total. The summed E-state index contributed by atoms with van der Waals surface area (Å²) in [5.41, 5.74) is 1.51. The van der Waals surface area contributed by atoms with Crippen molar-refractivity contribution in [2.75, 3.05) is 51.9 Å². The summed E-state index contributed by atoms with van der Waals surface area (Å²) >= 11 is 5.17. The standard InChI is InChI=1S/C15H21N3O3S/c1-20-9-6-16-15(22)17-13-4-2-12(3-5-13)14(19)18-7-10-21-11-8-18/h2-5H,6-11H2,1H3,(H2,16,17,22). The number of nitrogens with zero attached hydrogens (tertiary/aromatic N) is 1. The Balaban J connectivity index is 1.86. The number of rotatable bonds is 5. The largest absolute Gasteiger partial charge is 0.383 e. The lowest BCUT2D eigenvalue weighted by molar-refractivity contribution is 0.0303. The Hall–Kier alpha value is -1.70. The highest BCUT2D eigenvalue weighted by Crippen LogP contribution is 2.12. The zero-order chi connectivity index (χ0) is 15.8. The van der Waals surface area contributed by atoms with Gasteiger partial charge in [0.05, 0.1) is 19.8 Å². The number of hydrogen-bond donors (Lipinski definition) is 2. The molecule has 1 aliphatic rings. The topological polar surface area (TPSA) is 62.8 Å². The fourth-order valence-corrected chi connectivity index (χ4v) is 2.31. The number of thiocarbonyl (C=S) groups is 1. The molecule has 0 saturated carbocycles. The monoisotopic (exact) mass is 323 g/mol. The maximum atomic E-state index is 12.3. The van der Waals surface area contributed by atoms with Crippen LogP contribution < -0.4 is 10.6 Å². The normalized spacial score (nSPS) is 14.5. The molecule has 2 N–H and O–H groups in total. The van der Waals surface area contributed by atoms with E-state index in [1.807, 2.05) is 17.0 Å². The minimum Gasteiger partial charge on any atom is -0.383 e. The van der Waals surface area contributed by atoms with Crippen LogP contribution in [0, 0.1) is 0 Å². The number of carbonyl (C=O) groups excluding carboxylic acids is 1. The van der Waals surface area contributed by atoms with E-state index in [2.05, 4.69) is 10.6 Å². The summed E-state index contributed by atoms with van der Waals surface area (Å²) in [6.07, 6.45) is 0. The van der Waals surface area contributed by atoms with Crippen molar-refractivity contribution in [3.05, 3.63) is 29.8 Å². The first-order valence-corrected chi connectivity index (χ1v) is 7.62. The van der Waals surface area contributed by atoms with Gasteiger partial charge in [-0.1, -0.05) is 0 Å². The number of benzene rings is 1. The molecule has 1 saturated heterocycles. The van der Waals surface area contributed by atoms with E-state index in [1.165, 1.54) is 0 Å². The lowest BCUT2D eigenvalue weighted by Crippen LogP contribution is -2.40. The zero-order valence-electron chi connectivity index (χ0n) is 12.6. The minimum absolute atomic E-state index is 0.0376. The predicted molar refractivity (Wildman–Crippen MR) is 89.3 cm³/mol. The van der Waals surface area contributed by atoms with Crippen molar-refractivity contribution in [1.82, 2.24) is 10.2 Å². The maximum Gasteiger partial charge on any atom is 0.254 e. The number of methoxy groups -OCH3 is 1. The van der Waals surface area contributed by atoms with Gasteiger partial charge in [-0.3, -0.25) is 4.79 Å². The van der Waals surface area contributed by atoms with E-state index in [9.17, 15) is 4.79 Å². The second-order valence-corrected chi connectivity index (χ2v) is 5.26. The van der Waals surface area contributed by atoms with Crippen LogP contribution in [0.15, 0.2) is 24.3 Å². The highest BCUT2D eigenvalue weighted by molar-refractivity contribution is 7.80. The zero-order valence-corrected chi connectivity index (χ0v) is 13.4. The molecule has 0 aromatic heterocycles. The average Bonchev–Trinajstić information content (AvgIpc) is 2.56. The van der Waals surface area contributed by atoms with Crippen LogP contribution in [0.25, 0.3) is 0 Å². The van der Waals surface area contributed by atoms with Crippen molar-refractivity contribution < 1.29 is 14.3 Å². The molecule has 0 unspecified atom stereocenters. The molecule has 1 aromatic carbocycles. The lowest BCUT2D eigenvalue weighted by atomic mass is 10.1. The molecule has 22 heavy (non-hydrogen) atoms. The first-order valence-electron chi connectivity index (χ1n) is 7.21. The molecule has 7 heteroatoms. The lowest BCUT2D eigenvalue weighted by Gasteiger charge is -2.26. The van der Waals surface area contributed by atoms with E-state index >= 15 is 0 Å². The molecule has 1 aromatic rings. The molecule has 0 spiro atoms. The van der Waals surface area contributed by atoms with E-state index in [-0.39, 0.29) is 5.91 Å². The fraction of sp³-hybridized carbons (Fsp3) is 0.467. The molecule has 0 aliphatic carbocycles. The molecule has 120 valence electrons. The third-order valence-electron chi connectivity index (χ3n) is 3.28. The number of anilines is 1. The van der Waals surface area contributed by atoms with E-state index in [0.29, 0.717) is 50.1 Å². The predicted octanol–water partition coefficient (Wildman–Crippen LogP) is 1.09. The van der Waals surface area contributed by atoms with Crippen molar-refractivity contribution in [1.29, 1.82) is 0 Å². The second kappa shape index (κ2) is 8.67. The quantitative estimate of drug-likeness (QED) is 0.625. The molecule has 0 bridgehead atoms. The second-order valence-electron chi connectivity index (χ2n) is 4.86. The Kier molecular flexibility index (Phi) is 6.57. The highest BCUT2D eigenvalue weighted by atomic mass is 32.1. The number of nitrogens with one attached hydrogen (secondary N) is 2. The summed E-state index contributed by atoms with van der Waals surface area (Å²) in [4.78, 5) is 14.1. The Morgan fingerprint density at radius 3 is 2.64 bits per heavy atom. The van der Waals surface area contributed by atoms with Crippen molar-refractivity contribution >= 4 is 28.9 Å². The van der Waals surface area contributed by atoms with Crippen LogP contribution in [0.2, 0.25) is 0 Å². The van der Waals surface area contributed by atoms with Crippen LogP contribution in [-0.4, -0.2) is 62.5 Å². The van der Waals surface area contributed by atoms with Gasteiger partial charge in [0, 0.05) is 38.0 Å². The van der Waals surface area contributed by atoms with E-state index < -0.39 is 0 Å². The molecule has 0 atom stereocenters. The van der Waals surface area contributed by atoms with Gasteiger partial charge in [-0.05, 0) is 36.5 Å². The average molecular weight is 323 g/mol. The summed E-state index contributed by atoms with van der Waals surface area (Å²) < 4.78 is 10.2. The fourth-order valence-electron chi connectivity index (χ4n) is 2.09. The smallest absolute Gasteiger partial charge is 0.254 e. The van der Waals surface area contributed by atoms with Crippen LogP contribution in [0.4, 0.5) is 5.69 Å². The number of morpholine rings is 1. The molecular weight excluding hydrogens is 302 g/mol. The van der Waals surface area contributed by atoms with Crippen molar-refractivity contribution in [3.63, 3.8) is 0 Å². The van der Waals surface area contributed by atoms with Crippen LogP contribution in [0.1, 0.15) is 10.4 Å². The van der Waals surface area contributed by atoms with Gasteiger partial charge in [-0.2, -0.15) is 0 Å². The number of hydrogen-bond acceptors (Lipinski definition) is 4. The van der Waals surface area contributed by atoms with Gasteiger partial charge in [0.1, 0.15) is 0 Å². The summed E-state index contributed by atoms with van der Waals surface area (Å²) in [5.74, 6) is 0.0376. The van der Waals surface area contributed by atoms with E-state index in [4.69, 9.17) is 21.7 Å². The first-order chi connectivity index (χ1) is 10.7. The molecular formula is C15H21N3O3S. The van der Waals surface area contributed by atoms with Gasteiger partial charge in [0.2, 0.25) is 0 Å². The summed E-state index contributed by atoms with van der Waals surface area (Å²) in [7, 11) is 1.64.